The third-order valence-electron chi connectivity index (χ3n) is 4.60. The highest BCUT2D eigenvalue weighted by Crippen LogP contribution is 2.31. The van der Waals surface area contributed by atoms with Gasteiger partial charge in [0.2, 0.25) is 21.1 Å². The van der Waals surface area contributed by atoms with Crippen LogP contribution >= 0.6 is 27.3 Å². The van der Waals surface area contributed by atoms with Crippen molar-refractivity contribution in [1.29, 1.82) is 0 Å². The van der Waals surface area contributed by atoms with Gasteiger partial charge in [-0.1, -0.05) is 52.4 Å². The fraction of sp³-hybridized carbons (Fsp3) is 0.286. The van der Waals surface area contributed by atoms with Gasteiger partial charge in [0.1, 0.15) is 5.01 Å². The highest BCUT2D eigenvalue weighted by molar-refractivity contribution is 9.10. The number of aromatic nitrogens is 2. The van der Waals surface area contributed by atoms with Gasteiger partial charge in [-0.2, -0.15) is 17.5 Å². The van der Waals surface area contributed by atoms with E-state index < -0.39 is 32.6 Å². The number of alkyl halides is 3. The molecule has 34 heavy (non-hydrogen) atoms. The lowest BCUT2D eigenvalue weighted by atomic mass is 10.2. The minimum Gasteiger partial charge on any atom is -0.300 e. The number of amides is 1. The lowest BCUT2D eigenvalue weighted by molar-refractivity contribution is -0.137. The van der Waals surface area contributed by atoms with Crippen LogP contribution in [-0.4, -0.2) is 41.9 Å². The standard InChI is InChI=1S/C21H20BrF3N4O3S2/c1-2-10-29(34(31,32)17-8-4-6-15(13-17)21(23,24)25)11-9-18(30)26-20-28-27-19(33-20)14-5-3-7-16(22)12-14/h3-8,12-13H,2,9-11H2,1H3,(H,26,28,30). The van der Waals surface area contributed by atoms with E-state index in [9.17, 15) is 26.4 Å². The van der Waals surface area contributed by atoms with E-state index in [1.165, 1.54) is 0 Å². The van der Waals surface area contributed by atoms with Crippen LogP contribution in [0.25, 0.3) is 10.6 Å². The average molecular weight is 577 g/mol. The van der Waals surface area contributed by atoms with Crippen LogP contribution in [0, 0.1) is 0 Å². The molecule has 3 aromatic rings. The Labute approximate surface area is 207 Å². The molecule has 3 rings (SSSR count). The molecule has 0 aliphatic carbocycles. The molecule has 1 aromatic heterocycles. The monoisotopic (exact) mass is 576 g/mol. The first kappa shape index (κ1) is 26.3. The summed E-state index contributed by atoms with van der Waals surface area (Å²) in [5.74, 6) is -0.489. The molecule has 1 N–H and O–H groups in total. The topological polar surface area (TPSA) is 92.3 Å². The summed E-state index contributed by atoms with van der Waals surface area (Å²) in [7, 11) is -4.23. The van der Waals surface area contributed by atoms with Crippen LogP contribution in [0.1, 0.15) is 25.3 Å². The molecule has 0 radical (unpaired) electrons. The zero-order valence-electron chi connectivity index (χ0n) is 17.8. The van der Waals surface area contributed by atoms with Crippen molar-refractivity contribution in [3.05, 3.63) is 58.6 Å². The number of rotatable bonds is 9. The molecule has 13 heteroatoms. The molecular weight excluding hydrogens is 557 g/mol. The predicted octanol–water partition coefficient (Wildman–Crippen LogP) is 5.42. The van der Waals surface area contributed by atoms with E-state index in [0.717, 1.165) is 43.9 Å². The number of anilines is 1. The molecule has 0 unspecified atom stereocenters. The van der Waals surface area contributed by atoms with Gasteiger partial charge in [-0.25, -0.2) is 8.42 Å². The number of carbonyl (C=O) groups is 1. The molecule has 0 aliphatic heterocycles. The zero-order valence-corrected chi connectivity index (χ0v) is 21.1. The highest BCUT2D eigenvalue weighted by atomic mass is 79.9. The van der Waals surface area contributed by atoms with Crippen LogP contribution in [-0.2, 0) is 21.0 Å². The van der Waals surface area contributed by atoms with Crippen LogP contribution in [0.3, 0.4) is 0 Å². The molecule has 0 aliphatic rings. The third-order valence-corrected chi connectivity index (χ3v) is 7.88. The Morgan fingerprint density at radius 2 is 1.85 bits per heavy atom. The first-order valence-corrected chi connectivity index (χ1v) is 13.1. The van der Waals surface area contributed by atoms with Gasteiger partial charge in [-0.15, -0.1) is 10.2 Å². The van der Waals surface area contributed by atoms with Crippen molar-refractivity contribution in [3.8, 4) is 10.6 Å². The van der Waals surface area contributed by atoms with E-state index in [1.807, 2.05) is 24.3 Å². The second-order valence-corrected chi connectivity index (χ2v) is 11.0. The van der Waals surface area contributed by atoms with Gasteiger partial charge in [0.15, 0.2) is 0 Å². The Balaban J connectivity index is 1.68. The molecule has 0 atom stereocenters. The minimum atomic E-state index is -4.67. The lowest BCUT2D eigenvalue weighted by Crippen LogP contribution is -2.34. The van der Waals surface area contributed by atoms with Crippen LogP contribution in [0.5, 0.6) is 0 Å². The predicted molar refractivity (Wildman–Crippen MR) is 127 cm³/mol. The van der Waals surface area contributed by atoms with Gasteiger partial charge in [-0.3, -0.25) is 4.79 Å². The van der Waals surface area contributed by atoms with Crippen LogP contribution in [0.4, 0.5) is 18.3 Å². The van der Waals surface area contributed by atoms with Gasteiger partial charge in [0.25, 0.3) is 0 Å². The summed E-state index contributed by atoms with van der Waals surface area (Å²) in [6.45, 7) is 1.59. The molecule has 0 saturated heterocycles. The molecule has 0 fully saturated rings. The summed E-state index contributed by atoms with van der Waals surface area (Å²) in [4.78, 5) is 11.9. The molecule has 1 amide bonds. The van der Waals surface area contributed by atoms with Gasteiger partial charge < -0.3 is 5.32 Å². The average Bonchev–Trinajstić information content (AvgIpc) is 3.24. The van der Waals surface area contributed by atoms with Crippen molar-refractivity contribution in [3.63, 3.8) is 0 Å². The maximum absolute atomic E-state index is 13.0. The molecule has 1 heterocycles. The van der Waals surface area contributed by atoms with Gasteiger partial charge >= 0.3 is 6.18 Å². The normalized spacial score (nSPS) is 12.2. The number of halogens is 4. The quantitative estimate of drug-likeness (QED) is 0.367. The first-order chi connectivity index (χ1) is 16.0. The second kappa shape index (κ2) is 10.9. The maximum atomic E-state index is 13.0. The second-order valence-electron chi connectivity index (χ2n) is 7.15. The van der Waals surface area contributed by atoms with Crippen molar-refractivity contribution in [2.75, 3.05) is 18.4 Å². The number of benzene rings is 2. The Morgan fingerprint density at radius 1 is 1.12 bits per heavy atom. The maximum Gasteiger partial charge on any atom is 0.416 e. The smallest absolute Gasteiger partial charge is 0.300 e. The third kappa shape index (κ3) is 6.62. The molecule has 0 spiro atoms. The van der Waals surface area contributed by atoms with Crippen molar-refractivity contribution in [2.45, 2.75) is 30.8 Å². The molecule has 0 saturated carbocycles. The van der Waals surface area contributed by atoms with Crippen molar-refractivity contribution >= 4 is 48.3 Å². The number of nitrogens with zero attached hydrogens (tertiary/aromatic N) is 3. The van der Waals surface area contributed by atoms with Crippen LogP contribution in [0.15, 0.2) is 57.9 Å². The van der Waals surface area contributed by atoms with Crippen molar-refractivity contribution < 1.29 is 26.4 Å². The number of carbonyl (C=O) groups excluding carboxylic acids is 1. The van der Waals surface area contributed by atoms with E-state index in [1.54, 1.807) is 6.92 Å². The van der Waals surface area contributed by atoms with E-state index in [2.05, 4.69) is 31.4 Å². The molecule has 7 nitrogen and oxygen atoms in total. The van der Waals surface area contributed by atoms with Gasteiger partial charge in [-0.05, 0) is 36.8 Å². The van der Waals surface area contributed by atoms with Crippen LogP contribution in [0.2, 0.25) is 0 Å². The summed E-state index contributed by atoms with van der Waals surface area (Å²) < 4.78 is 66.9. The summed E-state index contributed by atoms with van der Waals surface area (Å²) >= 11 is 4.54. The summed E-state index contributed by atoms with van der Waals surface area (Å²) in [5.41, 5.74) is -0.242. The minimum absolute atomic E-state index is 0.0533. The fourth-order valence-corrected chi connectivity index (χ4v) is 5.74. The largest absolute Gasteiger partial charge is 0.416 e. The Bertz CT molecular complexity index is 1270. The SMILES string of the molecule is CCCN(CCC(=O)Nc1nnc(-c2cccc(Br)c2)s1)S(=O)(=O)c1cccc(C(F)(F)F)c1. The molecule has 2 aromatic carbocycles. The van der Waals surface area contributed by atoms with Gasteiger partial charge in [0, 0.05) is 29.5 Å². The number of sulfonamides is 1. The van der Waals surface area contributed by atoms with E-state index >= 15 is 0 Å². The van der Waals surface area contributed by atoms with Crippen molar-refractivity contribution in [2.24, 2.45) is 0 Å². The summed E-state index contributed by atoms with van der Waals surface area (Å²) in [5, 5.41) is 11.4. The van der Waals surface area contributed by atoms with E-state index in [4.69, 9.17) is 0 Å². The zero-order chi connectivity index (χ0) is 24.9. The van der Waals surface area contributed by atoms with Gasteiger partial charge in [0.05, 0.1) is 10.5 Å². The van der Waals surface area contributed by atoms with E-state index in [0.29, 0.717) is 17.5 Å². The Kier molecular flexibility index (Phi) is 8.44. The number of nitrogens with one attached hydrogen (secondary N) is 1. The lowest BCUT2D eigenvalue weighted by Gasteiger charge is -2.22. The Morgan fingerprint density at radius 3 is 2.53 bits per heavy atom. The summed E-state index contributed by atoms with van der Waals surface area (Å²) in [6.07, 6.45) is -4.45. The van der Waals surface area contributed by atoms with Crippen molar-refractivity contribution in [1.82, 2.24) is 14.5 Å². The number of hydrogen-bond donors (Lipinski definition) is 1. The van der Waals surface area contributed by atoms with E-state index in [-0.39, 0.29) is 24.6 Å². The molecule has 0 bridgehead atoms. The highest BCUT2D eigenvalue weighted by Gasteiger charge is 2.33. The molecular formula is C21H20BrF3N4O3S2. The number of hydrogen-bond acceptors (Lipinski definition) is 6. The molecule has 182 valence electrons. The fourth-order valence-electron chi connectivity index (χ4n) is 3.00. The Hall–Kier alpha value is -2.35. The first-order valence-electron chi connectivity index (χ1n) is 10.1. The van der Waals surface area contributed by atoms with Crippen LogP contribution < -0.4 is 5.32 Å². The summed E-state index contributed by atoms with van der Waals surface area (Å²) in [6, 6.07) is 11.0.